The molecule has 1 amide bonds. The van der Waals surface area contributed by atoms with Gasteiger partial charge < -0.3 is 15.0 Å². The first kappa shape index (κ1) is 12.5. The second-order valence-corrected chi connectivity index (χ2v) is 5.38. The van der Waals surface area contributed by atoms with E-state index in [1.54, 1.807) is 0 Å². The summed E-state index contributed by atoms with van der Waals surface area (Å²) in [4.78, 5) is 14.5. The number of rotatable bonds is 1. The van der Waals surface area contributed by atoms with E-state index in [0.717, 1.165) is 31.7 Å². The molecule has 0 aromatic heterocycles. The van der Waals surface area contributed by atoms with Crippen LogP contribution in [0.4, 0.5) is 5.69 Å². The zero-order chi connectivity index (χ0) is 13.2. The number of amides is 1. The fourth-order valence-electron chi connectivity index (χ4n) is 2.86. The maximum Gasteiger partial charge on any atom is 0.245 e. The van der Waals surface area contributed by atoms with E-state index in [4.69, 9.17) is 4.74 Å². The van der Waals surface area contributed by atoms with Gasteiger partial charge in [-0.15, -0.1) is 0 Å². The maximum absolute atomic E-state index is 12.6. The van der Waals surface area contributed by atoms with Gasteiger partial charge in [0.15, 0.2) is 0 Å². The van der Waals surface area contributed by atoms with Gasteiger partial charge in [0.2, 0.25) is 5.91 Å². The van der Waals surface area contributed by atoms with Gasteiger partial charge in [0.05, 0.1) is 6.10 Å². The maximum atomic E-state index is 12.6. The Bertz CT molecular complexity index is 450. The van der Waals surface area contributed by atoms with Crippen molar-refractivity contribution in [3.8, 4) is 0 Å². The van der Waals surface area contributed by atoms with Gasteiger partial charge in [0.25, 0.3) is 0 Å². The third kappa shape index (κ3) is 2.59. The van der Waals surface area contributed by atoms with E-state index in [1.165, 1.54) is 5.56 Å². The minimum Gasteiger partial charge on any atom is -0.377 e. The predicted octanol–water partition coefficient (Wildman–Crippen LogP) is 1.66. The normalized spacial score (nSPS) is 26.5. The second kappa shape index (κ2) is 5.21. The molecule has 0 aliphatic carbocycles. The number of carbonyl (C=O) groups is 1. The van der Waals surface area contributed by atoms with Crippen LogP contribution < -0.4 is 5.32 Å². The molecule has 0 spiro atoms. The molecule has 2 atom stereocenters. The van der Waals surface area contributed by atoms with Gasteiger partial charge in [-0.1, -0.05) is 18.2 Å². The Hall–Kier alpha value is -1.55. The van der Waals surface area contributed by atoms with Gasteiger partial charge in [0.1, 0.15) is 6.04 Å². The molecule has 0 saturated carbocycles. The van der Waals surface area contributed by atoms with Crippen LogP contribution in [0.15, 0.2) is 24.3 Å². The van der Waals surface area contributed by atoms with Crippen LogP contribution in [0.5, 0.6) is 0 Å². The van der Waals surface area contributed by atoms with Crippen molar-refractivity contribution < 1.29 is 9.53 Å². The molecule has 1 aromatic carbocycles. The third-order valence-corrected chi connectivity index (χ3v) is 3.83. The molecule has 1 saturated heterocycles. The molecule has 0 bridgehead atoms. The van der Waals surface area contributed by atoms with E-state index < -0.39 is 0 Å². The van der Waals surface area contributed by atoms with E-state index in [-0.39, 0.29) is 18.1 Å². The van der Waals surface area contributed by atoms with Gasteiger partial charge in [-0.2, -0.15) is 0 Å². The van der Waals surface area contributed by atoms with Crippen molar-refractivity contribution >= 4 is 11.6 Å². The highest BCUT2D eigenvalue weighted by Gasteiger charge is 2.31. The van der Waals surface area contributed by atoms with Crippen molar-refractivity contribution in [1.29, 1.82) is 0 Å². The van der Waals surface area contributed by atoms with E-state index in [0.29, 0.717) is 6.54 Å². The van der Waals surface area contributed by atoms with E-state index in [2.05, 4.69) is 11.4 Å². The van der Waals surface area contributed by atoms with E-state index in [1.807, 2.05) is 30.0 Å². The molecule has 1 N–H and O–H groups in total. The molecule has 1 fully saturated rings. The number of anilines is 1. The molecule has 1 aromatic rings. The van der Waals surface area contributed by atoms with Gasteiger partial charge in [-0.3, -0.25) is 4.79 Å². The zero-order valence-corrected chi connectivity index (χ0v) is 11.3. The summed E-state index contributed by atoms with van der Waals surface area (Å²) in [5.41, 5.74) is 2.33. The largest absolute Gasteiger partial charge is 0.377 e. The first-order valence-electron chi connectivity index (χ1n) is 6.99. The quantitative estimate of drug-likeness (QED) is 0.835. The third-order valence-electron chi connectivity index (χ3n) is 3.83. The van der Waals surface area contributed by atoms with Crippen LogP contribution in [0.2, 0.25) is 0 Å². The smallest absolute Gasteiger partial charge is 0.245 e. The molecule has 2 unspecified atom stereocenters. The summed E-state index contributed by atoms with van der Waals surface area (Å²) in [7, 11) is 0. The average Bonchev–Trinajstić information content (AvgIpc) is 2.73. The number of nitrogens with one attached hydrogen (secondary N) is 1. The van der Waals surface area contributed by atoms with Crippen LogP contribution in [0.25, 0.3) is 0 Å². The number of benzene rings is 1. The first-order chi connectivity index (χ1) is 9.24. The summed E-state index contributed by atoms with van der Waals surface area (Å²) in [5.74, 6) is 0.202. The van der Waals surface area contributed by atoms with Crippen LogP contribution in [0.3, 0.4) is 0 Å². The summed E-state index contributed by atoms with van der Waals surface area (Å²) in [5, 5.41) is 3.33. The number of fused-ring (bicyclic) bond motifs is 1. The monoisotopic (exact) mass is 260 g/mol. The summed E-state index contributed by atoms with van der Waals surface area (Å²) < 4.78 is 5.59. The van der Waals surface area contributed by atoms with Crippen molar-refractivity contribution in [2.75, 3.05) is 25.0 Å². The molecule has 0 radical (unpaired) electrons. The molecule has 4 nitrogen and oxygen atoms in total. The van der Waals surface area contributed by atoms with Crippen molar-refractivity contribution in [2.24, 2.45) is 0 Å². The molecule has 3 rings (SSSR count). The molecule has 2 aliphatic heterocycles. The molecular weight excluding hydrogens is 240 g/mol. The van der Waals surface area contributed by atoms with Crippen LogP contribution in [-0.4, -0.2) is 42.6 Å². The minimum absolute atomic E-state index is 0.109. The molecule has 2 heterocycles. The Kier molecular flexibility index (Phi) is 3.42. The fourth-order valence-corrected chi connectivity index (χ4v) is 2.86. The standard InChI is InChI=1S/C15H20N2O2/c1-11-10-17(7-4-8-19-11)15(18)14-9-12-5-2-3-6-13(12)16-14/h2-3,5-6,11,14,16H,4,7-10H2,1H3. The minimum atomic E-state index is -0.109. The van der Waals surface area contributed by atoms with Gasteiger partial charge >= 0.3 is 0 Å². The Morgan fingerprint density at radius 2 is 2.26 bits per heavy atom. The van der Waals surface area contributed by atoms with Crippen molar-refractivity contribution in [1.82, 2.24) is 4.90 Å². The van der Waals surface area contributed by atoms with Crippen molar-refractivity contribution in [2.45, 2.75) is 31.9 Å². The average molecular weight is 260 g/mol. The second-order valence-electron chi connectivity index (χ2n) is 5.38. The number of hydrogen-bond acceptors (Lipinski definition) is 3. The number of nitrogens with zero attached hydrogens (tertiary/aromatic N) is 1. The molecule has 2 aliphatic rings. The summed E-state index contributed by atoms with van der Waals surface area (Å²) in [6.07, 6.45) is 1.85. The Labute approximate surface area is 113 Å². The topological polar surface area (TPSA) is 41.6 Å². The van der Waals surface area contributed by atoms with Crippen molar-refractivity contribution in [3.05, 3.63) is 29.8 Å². The van der Waals surface area contributed by atoms with E-state index in [9.17, 15) is 4.79 Å². The molecule has 102 valence electrons. The lowest BCUT2D eigenvalue weighted by Gasteiger charge is -2.25. The highest BCUT2D eigenvalue weighted by atomic mass is 16.5. The van der Waals surface area contributed by atoms with Crippen LogP contribution in [0.1, 0.15) is 18.9 Å². The lowest BCUT2D eigenvalue weighted by atomic mass is 10.1. The zero-order valence-electron chi connectivity index (χ0n) is 11.3. The number of ether oxygens (including phenoxy) is 1. The Balaban J connectivity index is 1.68. The Morgan fingerprint density at radius 3 is 3.11 bits per heavy atom. The SMILES string of the molecule is CC1CN(C(=O)C2Cc3ccccc3N2)CCCO1. The van der Waals surface area contributed by atoms with Gasteiger partial charge in [-0.25, -0.2) is 0 Å². The fraction of sp³-hybridized carbons (Fsp3) is 0.533. The molecule has 19 heavy (non-hydrogen) atoms. The van der Waals surface area contributed by atoms with Crippen LogP contribution in [-0.2, 0) is 16.0 Å². The lowest BCUT2D eigenvalue weighted by molar-refractivity contribution is -0.132. The number of hydrogen-bond donors (Lipinski definition) is 1. The van der Waals surface area contributed by atoms with Gasteiger partial charge in [-0.05, 0) is 25.0 Å². The number of carbonyl (C=O) groups excluding carboxylic acids is 1. The number of para-hydroxylation sites is 1. The van der Waals surface area contributed by atoms with Crippen LogP contribution >= 0.6 is 0 Å². The summed E-state index contributed by atoms with van der Waals surface area (Å²) >= 11 is 0. The Morgan fingerprint density at radius 1 is 1.42 bits per heavy atom. The van der Waals surface area contributed by atoms with Crippen LogP contribution in [0, 0.1) is 0 Å². The summed E-state index contributed by atoms with van der Waals surface area (Å²) in [6.45, 7) is 4.29. The molecule has 4 heteroatoms. The first-order valence-corrected chi connectivity index (χ1v) is 6.99. The lowest BCUT2D eigenvalue weighted by Crippen LogP contribution is -2.44. The highest BCUT2D eigenvalue weighted by Crippen LogP contribution is 2.26. The van der Waals surface area contributed by atoms with Crippen molar-refractivity contribution in [3.63, 3.8) is 0 Å². The van der Waals surface area contributed by atoms with E-state index >= 15 is 0 Å². The molecular formula is C15H20N2O2. The highest BCUT2D eigenvalue weighted by molar-refractivity contribution is 5.87. The summed E-state index contributed by atoms with van der Waals surface area (Å²) in [6, 6.07) is 8.04. The predicted molar refractivity (Wildman–Crippen MR) is 74.2 cm³/mol. The van der Waals surface area contributed by atoms with Gasteiger partial charge in [0, 0.05) is 31.8 Å².